The minimum absolute atomic E-state index is 0.0486. The van der Waals surface area contributed by atoms with Gasteiger partial charge in [-0.05, 0) is 13.0 Å². The third-order valence-electron chi connectivity index (χ3n) is 3.47. The third-order valence-corrected chi connectivity index (χ3v) is 6.24. The van der Waals surface area contributed by atoms with Gasteiger partial charge in [-0.2, -0.15) is 29.7 Å². The number of thioether (sulfide) groups is 1. The molecule has 0 N–H and O–H groups in total. The van der Waals surface area contributed by atoms with E-state index in [9.17, 15) is 23.2 Å². The van der Waals surface area contributed by atoms with Gasteiger partial charge in [-0.15, -0.1) is 0 Å². The first-order chi connectivity index (χ1) is 12.6. The number of amides is 1. The molecule has 5 nitrogen and oxygen atoms in total. The lowest BCUT2D eigenvalue weighted by molar-refractivity contribution is -0.604. The van der Waals surface area contributed by atoms with E-state index in [4.69, 9.17) is 11.6 Å². The normalized spacial score (nSPS) is 12.8. The maximum atomic E-state index is 12.7. The van der Waals surface area contributed by atoms with Crippen molar-refractivity contribution in [3.8, 4) is 10.6 Å². The van der Waals surface area contributed by atoms with E-state index in [1.165, 1.54) is 17.3 Å². The molecule has 0 aliphatic heterocycles. The predicted octanol–water partition coefficient (Wildman–Crippen LogP) is 4.38. The first-order valence-corrected chi connectivity index (χ1v) is 10.3. The molecular formula is C16H17ClF3N3O2S2. The van der Waals surface area contributed by atoms with Gasteiger partial charge in [-0.25, -0.2) is 4.98 Å². The monoisotopic (exact) mass is 439 g/mol. The van der Waals surface area contributed by atoms with Gasteiger partial charge in [-0.3, -0.25) is 4.79 Å². The molecule has 0 bridgehead atoms. The van der Waals surface area contributed by atoms with E-state index in [1.54, 1.807) is 26.0 Å². The van der Waals surface area contributed by atoms with E-state index in [0.29, 0.717) is 38.6 Å². The molecular weight excluding hydrogens is 423 g/mol. The molecule has 0 aliphatic carbocycles. The largest absolute Gasteiger partial charge is 0.619 e. The van der Waals surface area contributed by atoms with Crippen molar-refractivity contribution in [1.29, 1.82) is 0 Å². The standard InChI is InChI=1S/C16H17ClF3N3O2S2/c1-3-23(14(24)10(2)8-26-9-16(18,19)20)15-12(17)21-13(27-15)11-5-4-6-22(25)7-11/h4-7,10H,3,8-9H2,1-2H3. The van der Waals surface area contributed by atoms with Crippen LogP contribution in [0.1, 0.15) is 13.8 Å². The Morgan fingerprint density at radius 3 is 2.81 bits per heavy atom. The molecule has 1 unspecified atom stereocenters. The van der Waals surface area contributed by atoms with Crippen molar-refractivity contribution in [3.05, 3.63) is 34.9 Å². The number of anilines is 1. The highest BCUT2D eigenvalue weighted by molar-refractivity contribution is 7.99. The fourth-order valence-electron chi connectivity index (χ4n) is 2.25. The summed E-state index contributed by atoms with van der Waals surface area (Å²) in [5.74, 6) is -1.88. The average molecular weight is 440 g/mol. The van der Waals surface area contributed by atoms with Gasteiger partial charge in [0.2, 0.25) is 5.91 Å². The van der Waals surface area contributed by atoms with Crippen molar-refractivity contribution < 1.29 is 22.7 Å². The van der Waals surface area contributed by atoms with E-state index < -0.39 is 17.8 Å². The quantitative estimate of drug-likeness (QED) is 0.474. The van der Waals surface area contributed by atoms with Gasteiger partial charge in [-0.1, -0.05) is 29.9 Å². The zero-order valence-corrected chi connectivity index (χ0v) is 16.9. The summed E-state index contributed by atoms with van der Waals surface area (Å²) >= 11 is 8.01. The van der Waals surface area contributed by atoms with Gasteiger partial charge in [0, 0.05) is 24.3 Å². The molecule has 2 heterocycles. The summed E-state index contributed by atoms with van der Waals surface area (Å²) in [6.45, 7) is 3.63. The number of hydrogen-bond donors (Lipinski definition) is 0. The van der Waals surface area contributed by atoms with Crippen LogP contribution in [-0.4, -0.2) is 35.1 Å². The van der Waals surface area contributed by atoms with Crippen molar-refractivity contribution in [2.45, 2.75) is 20.0 Å². The smallest absolute Gasteiger partial charge is 0.397 e. The number of halogens is 4. The van der Waals surface area contributed by atoms with Crippen molar-refractivity contribution >= 4 is 45.6 Å². The number of carbonyl (C=O) groups excluding carboxylic acids is 1. The number of aromatic nitrogens is 2. The molecule has 2 rings (SSSR count). The molecule has 2 aromatic rings. The summed E-state index contributed by atoms with van der Waals surface area (Å²) in [4.78, 5) is 18.3. The van der Waals surface area contributed by atoms with Gasteiger partial charge in [0.05, 0.1) is 11.3 Å². The topological polar surface area (TPSA) is 60.1 Å². The number of rotatable bonds is 7. The highest BCUT2D eigenvalue weighted by atomic mass is 35.5. The number of hydrogen-bond acceptors (Lipinski definition) is 5. The molecule has 0 aromatic carbocycles. The second-order valence-corrected chi connectivity index (χ2v) is 8.05. The molecule has 11 heteroatoms. The van der Waals surface area contributed by atoms with Crippen LogP contribution in [0.15, 0.2) is 24.5 Å². The van der Waals surface area contributed by atoms with Gasteiger partial charge in [0.1, 0.15) is 10.0 Å². The fourth-order valence-corrected chi connectivity index (χ4v) is 4.47. The van der Waals surface area contributed by atoms with Crippen molar-refractivity contribution in [1.82, 2.24) is 4.98 Å². The minimum atomic E-state index is -4.26. The van der Waals surface area contributed by atoms with E-state index in [2.05, 4.69) is 4.98 Å². The van der Waals surface area contributed by atoms with E-state index in [-0.39, 0.29) is 16.8 Å². The molecule has 0 aliphatic rings. The number of alkyl halides is 3. The highest BCUT2D eigenvalue weighted by Crippen LogP contribution is 2.38. The number of pyridine rings is 1. The molecule has 1 atom stereocenters. The first-order valence-electron chi connectivity index (χ1n) is 7.93. The molecule has 27 heavy (non-hydrogen) atoms. The lowest BCUT2D eigenvalue weighted by Crippen LogP contribution is -2.35. The lowest BCUT2D eigenvalue weighted by atomic mass is 10.2. The maximum absolute atomic E-state index is 12.7. The number of carbonyl (C=O) groups is 1. The van der Waals surface area contributed by atoms with Crippen molar-refractivity contribution in [2.24, 2.45) is 5.92 Å². The van der Waals surface area contributed by atoms with Crippen molar-refractivity contribution in [3.63, 3.8) is 0 Å². The molecule has 2 aromatic heterocycles. The highest BCUT2D eigenvalue weighted by Gasteiger charge is 2.29. The van der Waals surface area contributed by atoms with E-state index in [0.717, 1.165) is 11.3 Å². The molecule has 0 saturated carbocycles. The lowest BCUT2D eigenvalue weighted by Gasteiger charge is -2.23. The minimum Gasteiger partial charge on any atom is -0.619 e. The third kappa shape index (κ3) is 5.98. The van der Waals surface area contributed by atoms with Crippen LogP contribution in [0.4, 0.5) is 18.2 Å². The molecule has 148 valence electrons. The van der Waals surface area contributed by atoms with Crippen LogP contribution in [0.25, 0.3) is 10.6 Å². The summed E-state index contributed by atoms with van der Waals surface area (Å²) in [5.41, 5.74) is 0.558. The molecule has 0 fully saturated rings. The Morgan fingerprint density at radius 1 is 1.52 bits per heavy atom. The van der Waals surface area contributed by atoms with Crippen LogP contribution in [0.3, 0.4) is 0 Å². The van der Waals surface area contributed by atoms with Gasteiger partial charge >= 0.3 is 6.18 Å². The van der Waals surface area contributed by atoms with Crippen LogP contribution in [0.5, 0.6) is 0 Å². The second kappa shape index (κ2) is 9.11. The Hall–Kier alpha value is -1.52. The Morgan fingerprint density at radius 2 is 2.22 bits per heavy atom. The van der Waals surface area contributed by atoms with Gasteiger partial charge in [0.15, 0.2) is 17.5 Å². The predicted molar refractivity (Wildman–Crippen MR) is 102 cm³/mol. The Labute approximate surface area is 167 Å². The SMILES string of the molecule is CCN(C(=O)C(C)CSCC(F)(F)F)c1sc(-c2ccc[n+]([O-])c2)nc1Cl. The van der Waals surface area contributed by atoms with Crippen LogP contribution < -0.4 is 9.63 Å². The summed E-state index contributed by atoms with van der Waals surface area (Å²) < 4.78 is 37.5. The average Bonchev–Trinajstić information content (AvgIpc) is 2.96. The first kappa shape index (κ1) is 21.8. The van der Waals surface area contributed by atoms with Gasteiger partial charge in [0.25, 0.3) is 0 Å². The summed E-state index contributed by atoms with van der Waals surface area (Å²) in [7, 11) is 0. The molecule has 1 amide bonds. The Kier molecular flexibility index (Phi) is 7.35. The molecule has 0 radical (unpaired) electrons. The van der Waals surface area contributed by atoms with Crippen molar-refractivity contribution in [2.75, 3.05) is 23.0 Å². The van der Waals surface area contributed by atoms with Crippen LogP contribution in [0.2, 0.25) is 5.15 Å². The number of nitrogens with zero attached hydrogens (tertiary/aromatic N) is 3. The maximum Gasteiger partial charge on any atom is 0.397 e. The van der Waals surface area contributed by atoms with E-state index in [1.807, 2.05) is 0 Å². The van der Waals surface area contributed by atoms with E-state index >= 15 is 0 Å². The molecule has 0 spiro atoms. The summed E-state index contributed by atoms with van der Waals surface area (Å²) in [5, 5.41) is 12.4. The van der Waals surface area contributed by atoms with Crippen LogP contribution in [-0.2, 0) is 4.79 Å². The van der Waals surface area contributed by atoms with Gasteiger partial charge < -0.3 is 10.1 Å². The fraction of sp³-hybridized carbons (Fsp3) is 0.438. The summed E-state index contributed by atoms with van der Waals surface area (Å²) in [6.07, 6.45) is -1.59. The molecule has 0 saturated heterocycles. The zero-order chi connectivity index (χ0) is 20.2. The van der Waals surface area contributed by atoms with Crippen LogP contribution in [0, 0.1) is 11.1 Å². The Balaban J connectivity index is 2.15. The second-order valence-electron chi connectivity index (χ2n) is 5.68. The zero-order valence-electron chi connectivity index (χ0n) is 14.5. The number of thiazole rings is 1. The van der Waals surface area contributed by atoms with Crippen LogP contribution >= 0.6 is 34.7 Å². The Bertz CT molecular complexity index is 801. The summed E-state index contributed by atoms with van der Waals surface area (Å²) in [6, 6.07) is 3.27.